The summed E-state index contributed by atoms with van der Waals surface area (Å²) in [6, 6.07) is 0. The maximum absolute atomic E-state index is 5.02. The fourth-order valence-corrected chi connectivity index (χ4v) is 0.129. The van der Waals surface area contributed by atoms with Crippen LogP contribution in [0.15, 0.2) is 0 Å². The normalized spacial score (nSPS) is 10.5. The van der Waals surface area contributed by atoms with Crippen LogP contribution in [0.25, 0.3) is 0 Å². The number of rotatable bonds is 2. The number of nitrogens with zero attached hydrogens (tertiary/aromatic N) is 1. The van der Waals surface area contributed by atoms with Crippen molar-refractivity contribution in [3.63, 3.8) is 0 Å². The van der Waals surface area contributed by atoms with Crippen LogP contribution in [0.3, 0.4) is 0 Å². The maximum atomic E-state index is 5.02. The highest BCUT2D eigenvalue weighted by molar-refractivity contribution is 4.01. The zero-order valence-corrected chi connectivity index (χ0v) is 5.94. The molecular weight excluding hydrogens is 109 g/mol. The van der Waals surface area contributed by atoms with E-state index < -0.39 is 0 Å². The molecule has 0 rings (SSSR count). The van der Waals surface area contributed by atoms with E-state index in [0.717, 1.165) is 6.54 Å². The van der Waals surface area contributed by atoms with Gasteiger partial charge in [0.25, 0.3) is 0 Å². The number of quaternary nitrogens is 1. The van der Waals surface area contributed by atoms with Crippen LogP contribution in [0.1, 0.15) is 6.92 Å². The van der Waals surface area contributed by atoms with Crippen LogP contribution in [0.2, 0.25) is 0 Å². The number of hydrogen-bond donors (Lipinski definition) is 0. The van der Waals surface area contributed by atoms with Gasteiger partial charge in [0.2, 0.25) is 0 Å². The summed E-state index contributed by atoms with van der Waals surface area (Å²) in [4.78, 5) is 5.02. The third-order valence-corrected chi connectivity index (χ3v) is 1.26. The van der Waals surface area contributed by atoms with Gasteiger partial charge in [-0.15, -0.1) is 0 Å². The van der Waals surface area contributed by atoms with Crippen molar-refractivity contribution in [3.05, 3.63) is 0 Å². The van der Waals surface area contributed by atoms with Gasteiger partial charge in [-0.1, -0.05) is 0 Å². The molecule has 0 aromatic rings. The van der Waals surface area contributed by atoms with Gasteiger partial charge in [-0.3, -0.25) is 0 Å². The summed E-state index contributed by atoms with van der Waals surface area (Å²) in [6.07, 6.45) is 0. The van der Waals surface area contributed by atoms with Crippen molar-refractivity contribution in [1.82, 2.24) is 0 Å². The first-order valence-corrected chi connectivity index (χ1v) is 2.51. The molecule has 0 atom stereocenters. The van der Waals surface area contributed by atoms with Crippen molar-refractivity contribution >= 4 is 0 Å². The van der Waals surface area contributed by atoms with Crippen molar-refractivity contribution in [1.29, 1.82) is 0 Å². The molecule has 0 spiro atoms. The van der Waals surface area contributed by atoms with Crippen LogP contribution in [0.4, 0.5) is 0 Å². The number of hydrogen-bond acceptors (Lipinski definition) is 1. The average molecular weight is 123 g/mol. The Morgan fingerprint density at radius 3 is 1.75 bits per heavy atom. The summed E-state index contributed by atoms with van der Waals surface area (Å²) in [6.45, 7) is 3.10. The molecule has 3 heteroatoms. The molecule has 0 aliphatic carbocycles. The highest BCUT2D eigenvalue weighted by atomic mass is 19.0. The van der Waals surface area contributed by atoms with Crippen LogP contribution in [0, 0.1) is 0 Å². The van der Waals surface area contributed by atoms with Gasteiger partial charge < -0.3 is 4.70 Å². The molecular formula is C5H14FNO. The predicted octanol–water partition coefficient (Wildman–Crippen LogP) is -2.35. The van der Waals surface area contributed by atoms with E-state index in [1.54, 1.807) is 7.11 Å². The van der Waals surface area contributed by atoms with E-state index in [9.17, 15) is 0 Å². The third-order valence-electron chi connectivity index (χ3n) is 1.26. The fourth-order valence-electron chi connectivity index (χ4n) is 0.129. The molecule has 52 valence electrons. The van der Waals surface area contributed by atoms with Crippen LogP contribution < -0.4 is 4.70 Å². The van der Waals surface area contributed by atoms with Crippen molar-refractivity contribution in [2.24, 2.45) is 0 Å². The minimum Gasteiger partial charge on any atom is -1.00 e. The lowest BCUT2D eigenvalue weighted by Gasteiger charge is -2.22. The summed E-state index contributed by atoms with van der Waals surface area (Å²) in [7, 11) is 5.74. The van der Waals surface area contributed by atoms with Crippen molar-refractivity contribution in [3.8, 4) is 0 Å². The van der Waals surface area contributed by atoms with Gasteiger partial charge in [0.05, 0.1) is 21.2 Å². The highest BCUT2D eigenvalue weighted by Crippen LogP contribution is 1.92. The number of halogens is 1. The minimum atomic E-state index is 0. The van der Waals surface area contributed by atoms with E-state index in [4.69, 9.17) is 4.84 Å². The SMILES string of the molecule is CC[N+](C)(C)OC.[F-]. The third kappa shape index (κ3) is 4.02. The fraction of sp³-hybridized carbons (Fsp3) is 1.00. The molecule has 2 nitrogen and oxygen atoms in total. The number of hydroxylamine groups is 3. The second kappa shape index (κ2) is 3.80. The molecule has 0 aromatic heterocycles. The average Bonchev–Trinajstić information content (AvgIpc) is 1.68. The largest absolute Gasteiger partial charge is 1.00 e. The second-order valence-corrected chi connectivity index (χ2v) is 2.07. The molecule has 0 amide bonds. The molecule has 0 heterocycles. The molecule has 0 aromatic carbocycles. The lowest BCUT2D eigenvalue weighted by atomic mass is 10.7. The van der Waals surface area contributed by atoms with Gasteiger partial charge >= 0.3 is 0 Å². The Morgan fingerprint density at radius 2 is 1.75 bits per heavy atom. The Hall–Kier alpha value is -0.150. The first-order valence-electron chi connectivity index (χ1n) is 2.51. The molecule has 0 aliphatic heterocycles. The Bertz CT molecular complexity index is 50.4. The van der Waals surface area contributed by atoms with E-state index in [2.05, 4.69) is 6.92 Å². The monoisotopic (exact) mass is 123 g/mol. The summed E-state index contributed by atoms with van der Waals surface area (Å²) in [5.74, 6) is 0. The molecule has 0 saturated heterocycles. The van der Waals surface area contributed by atoms with Crippen LogP contribution in [0.5, 0.6) is 0 Å². The Labute approximate surface area is 50.0 Å². The first-order chi connectivity index (χ1) is 3.12. The smallest absolute Gasteiger partial charge is 0.106 e. The standard InChI is InChI=1S/C5H14NO.FH/c1-5-6(2,3)7-4;/h5H2,1-4H3;1H/q+1;/p-1. The molecule has 0 unspecified atom stereocenters. The van der Waals surface area contributed by atoms with Gasteiger partial charge in [0, 0.05) is 0 Å². The quantitative estimate of drug-likeness (QED) is 0.295. The Balaban J connectivity index is 0. The maximum Gasteiger partial charge on any atom is 0.106 e. The predicted molar refractivity (Wildman–Crippen MR) is 29.7 cm³/mol. The molecule has 0 fully saturated rings. The van der Waals surface area contributed by atoms with Crippen LogP contribution in [-0.4, -0.2) is 32.4 Å². The van der Waals surface area contributed by atoms with E-state index in [-0.39, 0.29) is 4.70 Å². The van der Waals surface area contributed by atoms with E-state index >= 15 is 0 Å². The van der Waals surface area contributed by atoms with E-state index in [1.807, 2.05) is 14.1 Å². The summed E-state index contributed by atoms with van der Waals surface area (Å²) in [5, 5.41) is 0. The summed E-state index contributed by atoms with van der Waals surface area (Å²) in [5.41, 5.74) is 0. The zero-order chi connectivity index (χ0) is 5.91. The topological polar surface area (TPSA) is 9.23 Å². The van der Waals surface area contributed by atoms with E-state index in [1.165, 1.54) is 0 Å². The second-order valence-electron chi connectivity index (χ2n) is 2.07. The minimum absolute atomic E-state index is 0. The van der Waals surface area contributed by atoms with Gasteiger partial charge in [-0.2, -0.15) is 4.65 Å². The molecule has 0 saturated carbocycles. The lowest BCUT2D eigenvalue weighted by molar-refractivity contribution is -1.07. The van der Waals surface area contributed by atoms with Crippen LogP contribution >= 0.6 is 0 Å². The van der Waals surface area contributed by atoms with Crippen LogP contribution in [-0.2, 0) is 4.84 Å². The molecule has 0 N–H and O–H groups in total. The lowest BCUT2D eigenvalue weighted by Crippen LogP contribution is -3.00. The summed E-state index contributed by atoms with van der Waals surface area (Å²) < 4.78 is 0.639. The first kappa shape index (κ1) is 10.8. The van der Waals surface area contributed by atoms with Gasteiger partial charge in [0.15, 0.2) is 0 Å². The summed E-state index contributed by atoms with van der Waals surface area (Å²) >= 11 is 0. The molecule has 0 bridgehead atoms. The molecule has 0 aliphatic rings. The molecule has 8 heavy (non-hydrogen) atoms. The van der Waals surface area contributed by atoms with Crippen molar-refractivity contribution < 1.29 is 14.2 Å². The zero-order valence-electron chi connectivity index (χ0n) is 5.94. The Morgan fingerprint density at radius 1 is 1.38 bits per heavy atom. The van der Waals surface area contributed by atoms with Gasteiger partial charge in [-0.05, 0) is 6.92 Å². The van der Waals surface area contributed by atoms with Crippen molar-refractivity contribution in [2.45, 2.75) is 6.92 Å². The Kier molecular flexibility index (Phi) is 5.12. The van der Waals surface area contributed by atoms with E-state index in [0.29, 0.717) is 4.65 Å². The highest BCUT2D eigenvalue weighted by Gasteiger charge is 2.07. The van der Waals surface area contributed by atoms with Crippen molar-refractivity contribution in [2.75, 3.05) is 27.7 Å². The van der Waals surface area contributed by atoms with Gasteiger partial charge in [-0.25, -0.2) is 4.84 Å². The molecule has 0 radical (unpaired) electrons. The van der Waals surface area contributed by atoms with Gasteiger partial charge in [0.1, 0.15) is 6.54 Å².